The van der Waals surface area contributed by atoms with Gasteiger partial charge in [0.2, 0.25) is 0 Å². The van der Waals surface area contributed by atoms with E-state index in [1.54, 1.807) is 16.2 Å². The average molecular weight is 380 g/mol. The van der Waals surface area contributed by atoms with Gasteiger partial charge in [-0.3, -0.25) is 9.59 Å². The number of amides is 1. The molecule has 2 aromatic rings. The number of carbonyl (C=O) groups excluding carboxylic acids is 1. The molecule has 2 aromatic heterocycles. The number of hydrogen-bond acceptors (Lipinski definition) is 6. The monoisotopic (exact) mass is 380 g/mol. The first kappa shape index (κ1) is 18.0. The smallest absolute Gasteiger partial charge is 0.305 e. The third kappa shape index (κ3) is 4.45. The maximum atomic E-state index is 13.0. The van der Waals surface area contributed by atoms with Gasteiger partial charge in [0.1, 0.15) is 9.88 Å². The molecule has 1 fully saturated rings. The van der Waals surface area contributed by atoms with Crippen LogP contribution >= 0.6 is 22.7 Å². The number of aliphatic carboxylic acids is 1. The molecule has 8 heteroatoms. The second-order valence-electron chi connectivity index (χ2n) is 5.94. The summed E-state index contributed by atoms with van der Waals surface area (Å²) in [6.45, 7) is 3.13. The van der Waals surface area contributed by atoms with Crippen molar-refractivity contribution in [2.45, 2.75) is 32.3 Å². The third-order valence-corrected chi connectivity index (χ3v) is 6.24. The fourth-order valence-corrected chi connectivity index (χ4v) is 4.62. The number of ether oxygens (including phenoxy) is 1. The first-order valence-corrected chi connectivity index (χ1v) is 9.88. The predicted molar refractivity (Wildman–Crippen MR) is 97.3 cm³/mol. The minimum absolute atomic E-state index is 0.0114. The third-order valence-electron chi connectivity index (χ3n) is 4.05. The standard InChI is InChI=1S/C17H20N2O4S2/c1-11-15(25-16(18-11)13-5-3-9-24-13)17(22)19(7-6-14(20)21)10-12-4-2-8-23-12/h3,5,9,12H,2,4,6-8,10H2,1H3,(H,20,21)/t12-/m0/s1. The number of rotatable bonds is 7. The zero-order valence-electron chi connectivity index (χ0n) is 13.9. The molecule has 3 heterocycles. The van der Waals surface area contributed by atoms with E-state index in [-0.39, 0.29) is 25.0 Å². The van der Waals surface area contributed by atoms with Gasteiger partial charge in [0.05, 0.1) is 23.1 Å². The molecule has 0 aliphatic carbocycles. The molecule has 134 valence electrons. The summed E-state index contributed by atoms with van der Waals surface area (Å²) in [4.78, 5) is 31.7. The van der Waals surface area contributed by atoms with Gasteiger partial charge in [-0.05, 0) is 31.2 Å². The van der Waals surface area contributed by atoms with Crippen molar-refractivity contribution < 1.29 is 19.4 Å². The molecule has 6 nitrogen and oxygen atoms in total. The van der Waals surface area contributed by atoms with Crippen molar-refractivity contribution >= 4 is 34.6 Å². The summed E-state index contributed by atoms with van der Waals surface area (Å²) in [5, 5.41) is 11.8. The number of hydrogen-bond donors (Lipinski definition) is 1. The first-order chi connectivity index (χ1) is 12.0. The molecule has 1 atom stereocenters. The Morgan fingerprint density at radius 3 is 2.96 bits per heavy atom. The van der Waals surface area contributed by atoms with Crippen LogP contribution < -0.4 is 0 Å². The molecule has 0 radical (unpaired) electrons. The van der Waals surface area contributed by atoms with Crippen molar-refractivity contribution in [1.29, 1.82) is 0 Å². The lowest BCUT2D eigenvalue weighted by molar-refractivity contribution is -0.137. The normalized spacial score (nSPS) is 16.9. The number of aromatic nitrogens is 1. The van der Waals surface area contributed by atoms with Crippen LogP contribution in [0.15, 0.2) is 17.5 Å². The van der Waals surface area contributed by atoms with E-state index >= 15 is 0 Å². The van der Waals surface area contributed by atoms with Crippen molar-refractivity contribution in [1.82, 2.24) is 9.88 Å². The Morgan fingerprint density at radius 2 is 2.32 bits per heavy atom. The van der Waals surface area contributed by atoms with Crippen LogP contribution in [0.3, 0.4) is 0 Å². The number of thiophene rings is 1. The molecule has 3 rings (SSSR count). The largest absolute Gasteiger partial charge is 0.481 e. The molecule has 0 spiro atoms. The van der Waals surface area contributed by atoms with Gasteiger partial charge in [0.15, 0.2) is 0 Å². The average Bonchev–Trinajstić information content (AvgIpc) is 3.31. The van der Waals surface area contributed by atoms with E-state index in [0.717, 1.165) is 22.7 Å². The molecule has 1 saturated heterocycles. The fraction of sp³-hybridized carbons (Fsp3) is 0.471. The fourth-order valence-electron chi connectivity index (χ4n) is 2.78. The number of thiazole rings is 1. The Morgan fingerprint density at radius 1 is 1.48 bits per heavy atom. The maximum Gasteiger partial charge on any atom is 0.305 e. The van der Waals surface area contributed by atoms with Gasteiger partial charge < -0.3 is 14.7 Å². The summed E-state index contributed by atoms with van der Waals surface area (Å²) in [5.41, 5.74) is 0.686. The second-order valence-corrected chi connectivity index (χ2v) is 7.89. The number of carbonyl (C=O) groups is 2. The van der Waals surface area contributed by atoms with Crippen molar-refractivity contribution in [3.63, 3.8) is 0 Å². The summed E-state index contributed by atoms with van der Waals surface area (Å²) in [6.07, 6.45) is 1.79. The molecule has 0 unspecified atom stereocenters. The molecule has 0 saturated carbocycles. The van der Waals surface area contributed by atoms with Gasteiger partial charge in [-0.2, -0.15) is 0 Å². The minimum Gasteiger partial charge on any atom is -0.481 e. The quantitative estimate of drug-likeness (QED) is 0.797. The van der Waals surface area contributed by atoms with Crippen LogP contribution in [0.4, 0.5) is 0 Å². The molecule has 1 N–H and O–H groups in total. The van der Waals surface area contributed by atoms with Gasteiger partial charge in [-0.25, -0.2) is 4.98 Å². The van der Waals surface area contributed by atoms with Crippen molar-refractivity contribution in [3.8, 4) is 9.88 Å². The van der Waals surface area contributed by atoms with E-state index in [2.05, 4.69) is 4.98 Å². The van der Waals surface area contributed by atoms with Crippen LogP contribution in [0.2, 0.25) is 0 Å². The molecule has 1 aliphatic rings. The number of carboxylic acid groups (broad SMARTS) is 1. The summed E-state index contributed by atoms with van der Waals surface area (Å²) in [6, 6.07) is 3.93. The number of nitrogens with zero attached hydrogens (tertiary/aromatic N) is 2. The summed E-state index contributed by atoms with van der Waals surface area (Å²) < 4.78 is 5.62. The van der Waals surface area contributed by atoms with Crippen molar-refractivity contribution in [3.05, 3.63) is 28.1 Å². The van der Waals surface area contributed by atoms with E-state index in [1.165, 1.54) is 11.3 Å². The van der Waals surface area contributed by atoms with Gasteiger partial charge in [0, 0.05) is 19.7 Å². The Hall–Kier alpha value is -1.77. The Kier molecular flexibility index (Phi) is 5.82. The van der Waals surface area contributed by atoms with Crippen LogP contribution in [0.1, 0.15) is 34.6 Å². The maximum absolute atomic E-state index is 13.0. The van der Waals surface area contributed by atoms with Crippen LogP contribution in [0.5, 0.6) is 0 Å². The van der Waals surface area contributed by atoms with E-state index in [1.807, 2.05) is 24.4 Å². The highest BCUT2D eigenvalue weighted by molar-refractivity contribution is 7.22. The summed E-state index contributed by atoms with van der Waals surface area (Å²) in [7, 11) is 0. The Labute approximate surface area is 154 Å². The molecular formula is C17H20N2O4S2. The van der Waals surface area contributed by atoms with E-state index in [9.17, 15) is 9.59 Å². The highest BCUT2D eigenvalue weighted by Crippen LogP contribution is 2.32. The van der Waals surface area contributed by atoms with Crippen LogP contribution in [0, 0.1) is 6.92 Å². The van der Waals surface area contributed by atoms with Crippen LogP contribution in [0.25, 0.3) is 9.88 Å². The zero-order chi connectivity index (χ0) is 17.8. The molecule has 0 aromatic carbocycles. The van der Waals surface area contributed by atoms with Gasteiger partial charge in [-0.1, -0.05) is 6.07 Å². The van der Waals surface area contributed by atoms with Crippen molar-refractivity contribution in [2.75, 3.05) is 19.7 Å². The van der Waals surface area contributed by atoms with E-state index < -0.39 is 5.97 Å². The van der Waals surface area contributed by atoms with Gasteiger partial charge >= 0.3 is 5.97 Å². The predicted octanol–water partition coefficient (Wildman–Crippen LogP) is 3.28. The molecule has 1 amide bonds. The lowest BCUT2D eigenvalue weighted by Crippen LogP contribution is -2.38. The van der Waals surface area contributed by atoms with Crippen LogP contribution in [-0.4, -0.2) is 52.7 Å². The highest BCUT2D eigenvalue weighted by Gasteiger charge is 2.26. The molecular weight excluding hydrogens is 360 g/mol. The number of carboxylic acids is 1. The minimum atomic E-state index is -0.912. The zero-order valence-corrected chi connectivity index (χ0v) is 15.6. The lowest BCUT2D eigenvalue weighted by Gasteiger charge is -2.24. The highest BCUT2D eigenvalue weighted by atomic mass is 32.1. The molecule has 1 aliphatic heterocycles. The van der Waals surface area contributed by atoms with Gasteiger partial charge in [0.25, 0.3) is 5.91 Å². The van der Waals surface area contributed by atoms with E-state index in [0.29, 0.717) is 23.7 Å². The first-order valence-electron chi connectivity index (χ1n) is 8.18. The van der Waals surface area contributed by atoms with Crippen LogP contribution in [-0.2, 0) is 9.53 Å². The molecule has 25 heavy (non-hydrogen) atoms. The Balaban J connectivity index is 1.79. The SMILES string of the molecule is Cc1nc(-c2cccs2)sc1C(=O)N(CCC(=O)O)C[C@@H]1CCCO1. The summed E-state index contributed by atoms with van der Waals surface area (Å²) in [5.74, 6) is -1.07. The summed E-state index contributed by atoms with van der Waals surface area (Å²) >= 11 is 2.95. The van der Waals surface area contributed by atoms with Crippen molar-refractivity contribution in [2.24, 2.45) is 0 Å². The van der Waals surface area contributed by atoms with E-state index in [4.69, 9.17) is 9.84 Å². The topological polar surface area (TPSA) is 79.7 Å². The lowest BCUT2D eigenvalue weighted by atomic mass is 10.2. The molecule has 0 bridgehead atoms. The second kappa shape index (κ2) is 8.07. The Bertz CT molecular complexity index is 736. The van der Waals surface area contributed by atoms with Gasteiger partial charge in [-0.15, -0.1) is 22.7 Å². The number of aryl methyl sites for hydroxylation is 1.